The van der Waals surface area contributed by atoms with E-state index in [-0.39, 0.29) is 43.5 Å². The SMILES string of the molecule is CCC(CC)C(=O)/C=C(\O)C(CC)CC.Cc1cc(C)c2c3c(c(-c4[c-]c5ccccc5c([Si](C)(C)C)c4)nc2c1)SC(CC(C)(C)C)C3.[Ir]. The van der Waals surface area contributed by atoms with Crippen LogP contribution in [0.25, 0.3) is 32.9 Å². The maximum Gasteiger partial charge on any atom is 0.162 e. The largest absolute Gasteiger partial charge is 0.512 e. The molecule has 0 saturated heterocycles. The van der Waals surface area contributed by atoms with Crippen molar-refractivity contribution >= 4 is 52.5 Å². The Bertz CT molecular complexity index is 1830. The van der Waals surface area contributed by atoms with Crippen LogP contribution in [0.2, 0.25) is 19.6 Å². The van der Waals surface area contributed by atoms with Gasteiger partial charge in [-0.25, -0.2) is 0 Å². The Hall–Kier alpha value is -2.24. The molecule has 1 unspecified atom stereocenters. The number of aliphatic hydroxyl groups excluding tert-OH is 1. The molecule has 0 aliphatic carbocycles. The molecule has 273 valence electrons. The molecule has 1 atom stereocenters. The van der Waals surface area contributed by atoms with Crippen LogP contribution in [0.5, 0.6) is 0 Å². The summed E-state index contributed by atoms with van der Waals surface area (Å²) in [5.74, 6) is 0.547. The Balaban J connectivity index is 0.000000361. The summed E-state index contributed by atoms with van der Waals surface area (Å²) in [6.07, 6.45) is 7.24. The van der Waals surface area contributed by atoms with Gasteiger partial charge < -0.3 is 5.11 Å². The molecule has 50 heavy (non-hydrogen) atoms. The van der Waals surface area contributed by atoms with E-state index in [1.54, 1.807) is 0 Å². The third kappa shape index (κ3) is 10.00. The number of allylic oxidation sites excluding steroid dienone is 2. The van der Waals surface area contributed by atoms with Crippen LogP contribution in [-0.2, 0) is 31.3 Å². The Kier molecular flexibility index (Phi) is 14.8. The van der Waals surface area contributed by atoms with Crippen LogP contribution < -0.4 is 5.19 Å². The molecule has 4 aromatic rings. The van der Waals surface area contributed by atoms with E-state index in [1.807, 2.05) is 27.7 Å². The predicted octanol–water partition coefficient (Wildman–Crippen LogP) is 12.3. The smallest absolute Gasteiger partial charge is 0.162 e. The molecule has 0 spiro atoms. The van der Waals surface area contributed by atoms with Crippen molar-refractivity contribution in [3.05, 3.63) is 77.1 Å². The van der Waals surface area contributed by atoms with Crippen LogP contribution in [0.4, 0.5) is 0 Å². The third-order valence-corrected chi connectivity index (χ3v) is 13.3. The average Bonchev–Trinajstić information content (AvgIpc) is 3.42. The topological polar surface area (TPSA) is 50.2 Å². The summed E-state index contributed by atoms with van der Waals surface area (Å²) in [4.78, 5) is 18.5. The molecule has 2 heterocycles. The van der Waals surface area contributed by atoms with E-state index in [9.17, 15) is 9.90 Å². The monoisotopic (exact) mass is 887 g/mol. The van der Waals surface area contributed by atoms with Crippen molar-refractivity contribution in [2.45, 2.75) is 131 Å². The van der Waals surface area contributed by atoms with Gasteiger partial charge in [0, 0.05) is 59.2 Å². The second kappa shape index (κ2) is 17.5. The van der Waals surface area contributed by atoms with Crippen molar-refractivity contribution in [3.63, 3.8) is 0 Å². The molecule has 3 aromatic carbocycles. The van der Waals surface area contributed by atoms with Crippen LogP contribution in [0, 0.1) is 37.2 Å². The summed E-state index contributed by atoms with van der Waals surface area (Å²) in [5.41, 5.74) is 7.90. The molecule has 1 aromatic heterocycles. The number of thioether (sulfide) groups is 1. The van der Waals surface area contributed by atoms with E-state index in [1.165, 1.54) is 55.4 Å². The van der Waals surface area contributed by atoms with Gasteiger partial charge in [0.2, 0.25) is 0 Å². The molecule has 1 aliphatic rings. The number of benzene rings is 3. The minimum atomic E-state index is -1.56. The number of fused-ring (bicyclic) bond motifs is 4. The molecule has 0 fully saturated rings. The number of aryl methyl sites for hydroxylation is 2. The zero-order valence-electron chi connectivity index (χ0n) is 32.6. The molecule has 6 heteroatoms. The standard InChI is InChI=1S/C31H36NSSi.C13H24O2.Ir/c1-19-13-20(2)28-25-17-23(18-31(3,4)5)33-30(25)29(32-26(28)14-19)22-15-21-11-9-10-12-24(21)27(16-22)34(6,7)8;1-5-10(6-2)12(14)9-13(15)11(7-3)8-4;/h9-14,16,23H,17-18H2,1-8H3;9-11,14H,5-8H2,1-4H3;/q-1;;/b;12-9-;. The maximum atomic E-state index is 11.7. The normalized spacial score (nSPS) is 14.9. The van der Waals surface area contributed by atoms with Gasteiger partial charge in [-0.2, -0.15) is 0 Å². The Morgan fingerprint density at radius 3 is 2.20 bits per heavy atom. The number of hydrogen-bond donors (Lipinski definition) is 1. The fourth-order valence-corrected chi connectivity index (χ4v) is 10.7. The van der Waals surface area contributed by atoms with Gasteiger partial charge in [0.25, 0.3) is 0 Å². The first-order valence-corrected chi connectivity index (χ1v) is 22.9. The minimum absolute atomic E-state index is 0. The number of rotatable bonds is 10. The summed E-state index contributed by atoms with van der Waals surface area (Å²) in [6.45, 7) is 26.9. The van der Waals surface area contributed by atoms with E-state index < -0.39 is 8.07 Å². The zero-order chi connectivity index (χ0) is 36.3. The van der Waals surface area contributed by atoms with Gasteiger partial charge in [-0.3, -0.25) is 9.78 Å². The first-order valence-electron chi connectivity index (χ1n) is 18.5. The van der Waals surface area contributed by atoms with Crippen molar-refractivity contribution in [1.29, 1.82) is 0 Å². The van der Waals surface area contributed by atoms with Gasteiger partial charge in [-0.1, -0.05) is 103 Å². The molecule has 0 amide bonds. The number of carbonyl (C=O) groups is 1. The fraction of sp³-hybridized carbons (Fsp3) is 0.500. The third-order valence-electron chi connectivity index (χ3n) is 9.96. The van der Waals surface area contributed by atoms with Crippen LogP contribution in [-0.4, -0.2) is 29.2 Å². The van der Waals surface area contributed by atoms with Gasteiger partial charge >= 0.3 is 0 Å². The number of pyridine rings is 1. The van der Waals surface area contributed by atoms with E-state index in [4.69, 9.17) is 4.98 Å². The quantitative estimate of drug-likeness (QED) is 0.0746. The second-order valence-corrected chi connectivity index (χ2v) is 22.7. The summed E-state index contributed by atoms with van der Waals surface area (Å²) < 4.78 is 0. The average molecular weight is 887 g/mol. The minimum Gasteiger partial charge on any atom is -0.512 e. The summed E-state index contributed by atoms with van der Waals surface area (Å²) in [7, 11) is -1.56. The molecule has 3 nitrogen and oxygen atoms in total. The molecule has 0 bridgehead atoms. The maximum absolute atomic E-state index is 11.7. The molecular formula is C44H60IrNO2SSi-. The van der Waals surface area contributed by atoms with Crippen LogP contribution in [0.1, 0.15) is 97.3 Å². The second-order valence-electron chi connectivity index (χ2n) is 16.3. The summed E-state index contributed by atoms with van der Waals surface area (Å²) in [5, 5.41) is 15.8. The van der Waals surface area contributed by atoms with Gasteiger partial charge in [-0.05, 0) is 80.5 Å². The van der Waals surface area contributed by atoms with E-state index in [0.29, 0.717) is 10.7 Å². The van der Waals surface area contributed by atoms with E-state index >= 15 is 0 Å². The van der Waals surface area contributed by atoms with Crippen LogP contribution >= 0.6 is 11.8 Å². The molecule has 1 N–H and O–H groups in total. The summed E-state index contributed by atoms with van der Waals surface area (Å²) >= 11 is 2.06. The van der Waals surface area contributed by atoms with Crippen molar-refractivity contribution in [2.24, 2.45) is 17.3 Å². The van der Waals surface area contributed by atoms with Gasteiger partial charge in [0.15, 0.2) is 5.78 Å². The number of nitrogens with zero attached hydrogens (tertiary/aromatic N) is 1. The molecule has 0 saturated carbocycles. The van der Waals surface area contributed by atoms with E-state index in [2.05, 4.69) is 115 Å². The Labute approximate surface area is 321 Å². The summed E-state index contributed by atoms with van der Waals surface area (Å²) in [6, 6.07) is 19.6. The van der Waals surface area contributed by atoms with Crippen LogP contribution in [0.15, 0.2) is 59.2 Å². The first-order chi connectivity index (χ1) is 23.0. The zero-order valence-corrected chi connectivity index (χ0v) is 36.8. The van der Waals surface area contributed by atoms with Crippen LogP contribution in [0.3, 0.4) is 0 Å². The fourth-order valence-electron chi connectivity index (χ4n) is 7.35. The van der Waals surface area contributed by atoms with Crippen molar-refractivity contribution in [1.82, 2.24) is 4.98 Å². The van der Waals surface area contributed by atoms with Gasteiger partial charge in [0.05, 0.1) is 19.3 Å². The number of aliphatic hydroxyl groups is 1. The van der Waals surface area contributed by atoms with Crippen molar-refractivity contribution in [2.75, 3.05) is 0 Å². The number of aromatic nitrogens is 1. The molecule has 1 radical (unpaired) electrons. The predicted molar refractivity (Wildman–Crippen MR) is 217 cm³/mol. The van der Waals surface area contributed by atoms with Gasteiger partial charge in [-0.15, -0.1) is 40.5 Å². The Morgan fingerprint density at radius 2 is 1.62 bits per heavy atom. The molecular weight excluding hydrogens is 827 g/mol. The number of hydrogen-bond acceptors (Lipinski definition) is 4. The number of carbonyl (C=O) groups excluding carboxylic acids is 1. The molecule has 5 rings (SSSR count). The first kappa shape index (κ1) is 42.2. The van der Waals surface area contributed by atoms with Crippen molar-refractivity contribution < 1.29 is 30.0 Å². The molecule has 1 aliphatic heterocycles. The number of ketones is 1. The van der Waals surface area contributed by atoms with Gasteiger partial charge in [0.1, 0.15) is 0 Å². The Morgan fingerprint density at radius 1 is 1.00 bits per heavy atom. The van der Waals surface area contributed by atoms with Crippen molar-refractivity contribution in [3.8, 4) is 11.3 Å². The van der Waals surface area contributed by atoms with E-state index in [0.717, 1.165) is 48.9 Å².